The van der Waals surface area contributed by atoms with E-state index in [9.17, 15) is 14.4 Å². The third-order valence-corrected chi connectivity index (χ3v) is 16.3. The summed E-state index contributed by atoms with van der Waals surface area (Å²) in [6.07, 6.45) is 86.1. The topological polar surface area (TPSA) is 78.9 Å². The van der Waals surface area contributed by atoms with Gasteiger partial charge in [-0.15, -0.1) is 0 Å². The van der Waals surface area contributed by atoms with Crippen molar-refractivity contribution < 1.29 is 28.6 Å². The zero-order valence-corrected chi connectivity index (χ0v) is 54.1. The lowest BCUT2D eigenvalue weighted by molar-refractivity contribution is -0.167. The molecule has 0 saturated heterocycles. The van der Waals surface area contributed by atoms with Crippen molar-refractivity contribution in [2.75, 3.05) is 13.2 Å². The van der Waals surface area contributed by atoms with Crippen LogP contribution in [-0.4, -0.2) is 37.2 Å². The molecule has 0 aromatic rings. The predicted octanol–water partition coefficient (Wildman–Crippen LogP) is 24.7. The molecular formula is C74H138O6. The molecule has 0 rings (SSSR count). The van der Waals surface area contributed by atoms with E-state index in [0.29, 0.717) is 19.3 Å². The fraction of sp³-hybridized carbons (Fsp3) is 0.878. The standard InChI is InChI=1S/C74H138O6/c1-4-7-10-13-16-19-22-25-27-29-31-33-35-37-39-40-42-44-46-49-52-55-58-61-64-67-73(76)79-70-71(69-78-72(75)66-63-60-57-54-51-48-24-21-18-15-12-9-6-3)80-74(77)68-65-62-59-56-53-50-47-45-43-41-38-36-34-32-30-28-26-23-20-17-14-11-8-5-2/h12,15,21,24,29,31,71H,4-11,13-14,16-20,22-23,25-28,30,32-70H2,1-3H3/b15-12-,24-21-,31-29-. The Morgan fingerprint density at radius 3 is 0.750 bits per heavy atom. The van der Waals surface area contributed by atoms with E-state index < -0.39 is 6.10 Å². The van der Waals surface area contributed by atoms with Gasteiger partial charge in [0.1, 0.15) is 13.2 Å². The monoisotopic (exact) mass is 1120 g/mol. The van der Waals surface area contributed by atoms with E-state index in [0.717, 1.165) is 83.5 Å². The average Bonchev–Trinajstić information content (AvgIpc) is 3.46. The minimum atomic E-state index is -0.776. The maximum absolute atomic E-state index is 13.0. The first-order valence-electron chi connectivity index (χ1n) is 36.0. The largest absolute Gasteiger partial charge is 0.462 e. The molecule has 0 aliphatic rings. The Bertz CT molecular complexity index is 1340. The quantitative estimate of drug-likeness (QED) is 0.0261. The molecule has 0 heterocycles. The second-order valence-electron chi connectivity index (χ2n) is 24.5. The van der Waals surface area contributed by atoms with Crippen LogP contribution in [0.2, 0.25) is 0 Å². The highest BCUT2D eigenvalue weighted by atomic mass is 16.6. The molecule has 470 valence electrons. The van der Waals surface area contributed by atoms with Gasteiger partial charge in [-0.05, 0) is 70.6 Å². The summed E-state index contributed by atoms with van der Waals surface area (Å²) in [5.41, 5.74) is 0. The van der Waals surface area contributed by atoms with Gasteiger partial charge in [-0.1, -0.05) is 346 Å². The first-order chi connectivity index (χ1) is 39.5. The van der Waals surface area contributed by atoms with Crippen LogP contribution in [-0.2, 0) is 28.6 Å². The van der Waals surface area contributed by atoms with E-state index in [1.807, 2.05) is 0 Å². The summed E-state index contributed by atoms with van der Waals surface area (Å²) >= 11 is 0. The van der Waals surface area contributed by atoms with Gasteiger partial charge in [0.25, 0.3) is 0 Å². The number of ether oxygens (including phenoxy) is 3. The average molecular weight is 1120 g/mol. The number of unbranched alkanes of at least 4 members (excludes halogenated alkanes) is 50. The van der Waals surface area contributed by atoms with Crippen LogP contribution in [0, 0.1) is 0 Å². The van der Waals surface area contributed by atoms with Crippen LogP contribution in [0.1, 0.15) is 400 Å². The Morgan fingerprint density at radius 1 is 0.250 bits per heavy atom. The lowest BCUT2D eigenvalue weighted by Gasteiger charge is -2.18. The third kappa shape index (κ3) is 66.4. The van der Waals surface area contributed by atoms with Crippen LogP contribution in [0.15, 0.2) is 36.5 Å². The predicted molar refractivity (Wildman–Crippen MR) is 349 cm³/mol. The van der Waals surface area contributed by atoms with Gasteiger partial charge < -0.3 is 14.2 Å². The lowest BCUT2D eigenvalue weighted by atomic mass is 10.0. The molecule has 0 aromatic carbocycles. The van der Waals surface area contributed by atoms with Gasteiger partial charge in [0.2, 0.25) is 0 Å². The number of hydrogen-bond acceptors (Lipinski definition) is 6. The second kappa shape index (κ2) is 69.1. The molecule has 0 radical (unpaired) electrons. The Balaban J connectivity index is 4.22. The van der Waals surface area contributed by atoms with Crippen LogP contribution in [0.5, 0.6) is 0 Å². The van der Waals surface area contributed by atoms with Gasteiger partial charge in [-0.2, -0.15) is 0 Å². The molecule has 0 spiro atoms. The minimum absolute atomic E-state index is 0.0719. The molecule has 0 saturated carbocycles. The van der Waals surface area contributed by atoms with Crippen molar-refractivity contribution >= 4 is 17.9 Å². The number of allylic oxidation sites excluding steroid dienone is 6. The number of rotatable bonds is 67. The van der Waals surface area contributed by atoms with E-state index in [2.05, 4.69) is 57.2 Å². The number of hydrogen-bond donors (Lipinski definition) is 0. The molecule has 0 N–H and O–H groups in total. The van der Waals surface area contributed by atoms with Crippen LogP contribution < -0.4 is 0 Å². The van der Waals surface area contributed by atoms with Gasteiger partial charge >= 0.3 is 17.9 Å². The summed E-state index contributed by atoms with van der Waals surface area (Å²) in [5.74, 6) is -0.857. The number of carbonyl (C=O) groups is 3. The molecule has 0 aromatic heterocycles. The van der Waals surface area contributed by atoms with Crippen molar-refractivity contribution in [1.29, 1.82) is 0 Å². The molecule has 6 nitrogen and oxygen atoms in total. The maximum Gasteiger partial charge on any atom is 0.306 e. The molecule has 80 heavy (non-hydrogen) atoms. The van der Waals surface area contributed by atoms with Gasteiger partial charge in [0.05, 0.1) is 0 Å². The van der Waals surface area contributed by atoms with Gasteiger partial charge in [-0.25, -0.2) is 0 Å². The summed E-state index contributed by atoms with van der Waals surface area (Å²) in [5, 5.41) is 0. The highest BCUT2D eigenvalue weighted by Gasteiger charge is 2.19. The lowest BCUT2D eigenvalue weighted by Crippen LogP contribution is -2.30. The number of carbonyl (C=O) groups excluding carboxylic acids is 3. The fourth-order valence-corrected chi connectivity index (χ4v) is 11.0. The molecule has 0 fully saturated rings. The number of esters is 3. The van der Waals surface area contributed by atoms with E-state index in [1.165, 1.54) is 276 Å². The minimum Gasteiger partial charge on any atom is -0.462 e. The molecule has 0 amide bonds. The summed E-state index contributed by atoms with van der Waals surface area (Å²) in [6, 6.07) is 0. The molecule has 0 bridgehead atoms. The van der Waals surface area contributed by atoms with Crippen molar-refractivity contribution in [3.05, 3.63) is 36.5 Å². The summed E-state index contributed by atoms with van der Waals surface area (Å²) in [7, 11) is 0. The molecule has 0 aliphatic heterocycles. The van der Waals surface area contributed by atoms with E-state index >= 15 is 0 Å². The van der Waals surface area contributed by atoms with E-state index in [4.69, 9.17) is 14.2 Å². The van der Waals surface area contributed by atoms with Crippen molar-refractivity contribution in [1.82, 2.24) is 0 Å². The zero-order chi connectivity index (χ0) is 57.8. The summed E-state index contributed by atoms with van der Waals surface area (Å²) < 4.78 is 17.0. The highest BCUT2D eigenvalue weighted by molar-refractivity contribution is 5.71. The zero-order valence-electron chi connectivity index (χ0n) is 54.1. The van der Waals surface area contributed by atoms with Gasteiger partial charge in [0, 0.05) is 19.3 Å². The first kappa shape index (κ1) is 77.6. The molecule has 1 unspecified atom stereocenters. The smallest absolute Gasteiger partial charge is 0.306 e. The molecule has 6 heteroatoms. The van der Waals surface area contributed by atoms with Crippen molar-refractivity contribution in [2.24, 2.45) is 0 Å². The normalized spacial score (nSPS) is 12.2. The maximum atomic E-state index is 13.0. The second-order valence-corrected chi connectivity index (χ2v) is 24.5. The fourth-order valence-electron chi connectivity index (χ4n) is 11.0. The SMILES string of the molecule is CCC/C=C\C/C=C\CCCCCCCC(=O)OCC(COC(=O)CCCCCCCCCCCCCCC/C=C\CCCCCCCCCC)OC(=O)CCCCCCCCCCCCCCCCCCCCCCCCCC. The molecular weight excluding hydrogens is 985 g/mol. The van der Waals surface area contributed by atoms with Crippen molar-refractivity contribution in [3.8, 4) is 0 Å². The Morgan fingerprint density at radius 2 is 0.475 bits per heavy atom. The van der Waals surface area contributed by atoms with Crippen molar-refractivity contribution in [3.63, 3.8) is 0 Å². The van der Waals surface area contributed by atoms with Gasteiger partial charge in [0.15, 0.2) is 6.10 Å². The highest BCUT2D eigenvalue weighted by Crippen LogP contribution is 2.19. The van der Waals surface area contributed by atoms with Crippen LogP contribution >= 0.6 is 0 Å². The third-order valence-electron chi connectivity index (χ3n) is 16.3. The first-order valence-corrected chi connectivity index (χ1v) is 36.0. The summed E-state index contributed by atoms with van der Waals surface area (Å²) in [4.78, 5) is 38.4. The summed E-state index contributed by atoms with van der Waals surface area (Å²) in [6.45, 7) is 6.64. The van der Waals surface area contributed by atoms with Crippen LogP contribution in [0.3, 0.4) is 0 Å². The molecule has 0 aliphatic carbocycles. The van der Waals surface area contributed by atoms with Crippen molar-refractivity contribution in [2.45, 2.75) is 406 Å². The van der Waals surface area contributed by atoms with Crippen LogP contribution in [0.25, 0.3) is 0 Å². The van der Waals surface area contributed by atoms with Crippen LogP contribution in [0.4, 0.5) is 0 Å². The van der Waals surface area contributed by atoms with E-state index in [1.54, 1.807) is 0 Å². The Labute approximate surface area is 499 Å². The Kier molecular flexibility index (Phi) is 67.1. The van der Waals surface area contributed by atoms with E-state index in [-0.39, 0.29) is 31.1 Å². The molecule has 1 atom stereocenters. The Hall–Kier alpha value is -2.37. The van der Waals surface area contributed by atoms with Gasteiger partial charge in [-0.3, -0.25) is 14.4 Å².